The Hall–Kier alpha value is -3.40. The van der Waals surface area contributed by atoms with E-state index in [0.29, 0.717) is 24.4 Å². The van der Waals surface area contributed by atoms with Gasteiger partial charge in [-0.05, 0) is 53.6 Å². The van der Waals surface area contributed by atoms with Gasteiger partial charge in [0.05, 0.1) is 12.1 Å². The molecule has 4 nitrogen and oxygen atoms in total. The van der Waals surface area contributed by atoms with Crippen LogP contribution in [0.2, 0.25) is 0 Å². The largest absolute Gasteiger partial charge is 0.478 e. The highest BCUT2D eigenvalue weighted by molar-refractivity contribution is 5.96. The van der Waals surface area contributed by atoms with Crippen LogP contribution in [0.1, 0.15) is 35.2 Å². The van der Waals surface area contributed by atoms with Crippen LogP contribution in [-0.2, 0) is 11.3 Å². The number of carboxylic acid groups (broad SMARTS) is 1. The summed E-state index contributed by atoms with van der Waals surface area (Å²) in [5.41, 5.74) is 3.73. The van der Waals surface area contributed by atoms with Crippen molar-refractivity contribution in [3.8, 4) is 11.1 Å². The fourth-order valence-electron chi connectivity index (χ4n) is 3.50. The third-order valence-corrected chi connectivity index (χ3v) is 5.29. The summed E-state index contributed by atoms with van der Waals surface area (Å²) in [7, 11) is 0. The molecule has 4 heteroatoms. The van der Waals surface area contributed by atoms with Crippen molar-refractivity contribution >= 4 is 17.6 Å². The number of carbonyl (C=O) groups excluding carboxylic acids is 1. The zero-order valence-corrected chi connectivity index (χ0v) is 16.1. The molecule has 1 aliphatic carbocycles. The average Bonchev–Trinajstić information content (AvgIpc) is 3.57. The van der Waals surface area contributed by atoms with Gasteiger partial charge >= 0.3 is 5.97 Å². The third kappa shape index (κ3) is 4.54. The molecule has 0 bridgehead atoms. The van der Waals surface area contributed by atoms with Crippen LogP contribution in [0.5, 0.6) is 0 Å². The Kier molecular flexibility index (Phi) is 5.43. The second-order valence-corrected chi connectivity index (χ2v) is 7.51. The maximum Gasteiger partial charge on any atom is 0.336 e. The number of carboxylic acids is 1. The van der Waals surface area contributed by atoms with Gasteiger partial charge in [-0.1, -0.05) is 60.7 Å². The fourth-order valence-corrected chi connectivity index (χ4v) is 3.50. The summed E-state index contributed by atoms with van der Waals surface area (Å²) >= 11 is 0. The van der Waals surface area contributed by atoms with E-state index >= 15 is 0 Å². The van der Waals surface area contributed by atoms with Crippen molar-refractivity contribution in [2.24, 2.45) is 5.92 Å². The number of hydrogen-bond donors (Lipinski definition) is 1. The molecule has 4 rings (SSSR count). The zero-order valence-electron chi connectivity index (χ0n) is 16.1. The molecule has 0 saturated heterocycles. The van der Waals surface area contributed by atoms with Crippen molar-refractivity contribution in [3.63, 3.8) is 0 Å². The Morgan fingerprint density at radius 2 is 1.52 bits per heavy atom. The molecule has 1 N–H and O–H groups in total. The van der Waals surface area contributed by atoms with Crippen LogP contribution in [0.15, 0.2) is 78.9 Å². The molecule has 0 spiro atoms. The van der Waals surface area contributed by atoms with Crippen molar-refractivity contribution in [1.29, 1.82) is 0 Å². The van der Waals surface area contributed by atoms with Crippen LogP contribution >= 0.6 is 0 Å². The Bertz CT molecular complexity index is 1010. The number of aromatic carboxylic acids is 1. The first kappa shape index (κ1) is 18.9. The molecular weight excluding hydrogens is 362 g/mol. The minimum atomic E-state index is -0.939. The Labute approximate surface area is 170 Å². The van der Waals surface area contributed by atoms with E-state index in [2.05, 4.69) is 0 Å². The number of amides is 1. The second-order valence-electron chi connectivity index (χ2n) is 7.51. The first-order chi connectivity index (χ1) is 14.1. The summed E-state index contributed by atoms with van der Waals surface area (Å²) < 4.78 is 0. The van der Waals surface area contributed by atoms with Gasteiger partial charge in [-0.25, -0.2) is 4.79 Å². The molecule has 29 heavy (non-hydrogen) atoms. The van der Waals surface area contributed by atoms with Crippen molar-refractivity contribution in [3.05, 3.63) is 90.0 Å². The van der Waals surface area contributed by atoms with Crippen molar-refractivity contribution in [2.75, 3.05) is 4.90 Å². The summed E-state index contributed by atoms with van der Waals surface area (Å²) in [4.78, 5) is 26.2. The van der Waals surface area contributed by atoms with Gasteiger partial charge in [0.25, 0.3) is 0 Å². The monoisotopic (exact) mass is 385 g/mol. The highest BCUT2D eigenvalue weighted by atomic mass is 16.4. The summed E-state index contributed by atoms with van der Waals surface area (Å²) in [5, 5.41) is 9.42. The number of para-hydroxylation sites is 1. The standard InChI is InChI=1S/C25H23NO3/c27-24(16-18-10-11-18)26(21-6-2-1-3-7-21)17-19-12-14-20(15-13-19)22-8-4-5-9-23(22)25(28)29/h1-9,12-15,18H,10-11,16-17H2,(H,28,29). The van der Waals surface area contributed by atoms with Crippen LogP contribution in [0, 0.1) is 5.92 Å². The Balaban J connectivity index is 1.57. The molecular formula is C25H23NO3. The fraction of sp³-hybridized carbons (Fsp3) is 0.200. The minimum Gasteiger partial charge on any atom is -0.478 e. The lowest BCUT2D eigenvalue weighted by molar-refractivity contribution is -0.119. The first-order valence-corrected chi connectivity index (χ1v) is 9.89. The molecule has 0 unspecified atom stereocenters. The SMILES string of the molecule is O=C(O)c1ccccc1-c1ccc(CN(C(=O)CC2CC2)c2ccccc2)cc1. The highest BCUT2D eigenvalue weighted by Crippen LogP contribution is 2.34. The minimum absolute atomic E-state index is 0.152. The first-order valence-electron chi connectivity index (χ1n) is 9.89. The topological polar surface area (TPSA) is 57.6 Å². The second kappa shape index (κ2) is 8.31. The molecule has 0 aromatic heterocycles. The van der Waals surface area contributed by atoms with Crippen LogP contribution in [-0.4, -0.2) is 17.0 Å². The van der Waals surface area contributed by atoms with Crippen molar-refractivity contribution in [1.82, 2.24) is 0 Å². The van der Waals surface area contributed by atoms with E-state index in [9.17, 15) is 14.7 Å². The average molecular weight is 385 g/mol. The highest BCUT2D eigenvalue weighted by Gasteiger charge is 2.27. The lowest BCUT2D eigenvalue weighted by Gasteiger charge is -2.23. The van der Waals surface area contributed by atoms with E-state index < -0.39 is 5.97 Å². The molecule has 1 saturated carbocycles. The zero-order chi connectivity index (χ0) is 20.2. The summed E-state index contributed by atoms with van der Waals surface area (Å²) in [6, 6.07) is 24.5. The van der Waals surface area contributed by atoms with Crippen LogP contribution in [0.4, 0.5) is 5.69 Å². The van der Waals surface area contributed by atoms with Gasteiger partial charge in [-0.15, -0.1) is 0 Å². The number of carbonyl (C=O) groups is 2. The third-order valence-electron chi connectivity index (χ3n) is 5.29. The molecule has 0 radical (unpaired) electrons. The Morgan fingerprint density at radius 3 is 2.17 bits per heavy atom. The normalized spacial score (nSPS) is 13.1. The molecule has 1 amide bonds. The van der Waals surface area contributed by atoms with Crippen molar-refractivity contribution in [2.45, 2.75) is 25.8 Å². The molecule has 1 aliphatic rings. The molecule has 3 aromatic rings. The van der Waals surface area contributed by atoms with Gasteiger partial charge in [-0.2, -0.15) is 0 Å². The lowest BCUT2D eigenvalue weighted by atomic mass is 9.98. The van der Waals surface area contributed by atoms with E-state index in [1.54, 1.807) is 12.1 Å². The summed E-state index contributed by atoms with van der Waals surface area (Å²) in [6.45, 7) is 0.496. The van der Waals surface area contributed by atoms with E-state index in [-0.39, 0.29) is 11.5 Å². The van der Waals surface area contributed by atoms with Gasteiger partial charge in [0.1, 0.15) is 0 Å². The molecule has 3 aromatic carbocycles. The van der Waals surface area contributed by atoms with Crippen LogP contribution in [0.3, 0.4) is 0 Å². The van der Waals surface area contributed by atoms with Gasteiger partial charge in [0, 0.05) is 12.1 Å². The molecule has 0 aliphatic heterocycles. The van der Waals surface area contributed by atoms with Crippen LogP contribution < -0.4 is 4.90 Å². The van der Waals surface area contributed by atoms with E-state index in [1.807, 2.05) is 71.6 Å². The molecule has 1 fully saturated rings. The Morgan fingerprint density at radius 1 is 0.862 bits per heavy atom. The predicted molar refractivity (Wildman–Crippen MR) is 114 cm³/mol. The number of anilines is 1. The van der Waals surface area contributed by atoms with E-state index in [0.717, 1.165) is 29.7 Å². The number of nitrogens with zero attached hydrogens (tertiary/aromatic N) is 1. The van der Waals surface area contributed by atoms with Gasteiger partial charge in [0.2, 0.25) is 5.91 Å². The molecule has 0 atom stereocenters. The summed E-state index contributed by atoms with van der Waals surface area (Å²) in [5.74, 6) is -0.256. The van der Waals surface area contributed by atoms with Crippen molar-refractivity contribution < 1.29 is 14.7 Å². The molecule has 0 heterocycles. The predicted octanol–water partition coefficient (Wildman–Crippen LogP) is 5.39. The smallest absolute Gasteiger partial charge is 0.336 e. The van der Waals surface area contributed by atoms with Gasteiger partial charge in [-0.3, -0.25) is 4.79 Å². The quantitative estimate of drug-likeness (QED) is 0.594. The number of hydrogen-bond acceptors (Lipinski definition) is 2. The van der Waals surface area contributed by atoms with Gasteiger partial charge < -0.3 is 10.0 Å². The number of benzene rings is 3. The van der Waals surface area contributed by atoms with E-state index in [4.69, 9.17) is 0 Å². The van der Waals surface area contributed by atoms with Gasteiger partial charge in [0.15, 0.2) is 0 Å². The molecule has 146 valence electrons. The summed E-state index contributed by atoms with van der Waals surface area (Å²) in [6.07, 6.45) is 2.89. The van der Waals surface area contributed by atoms with Crippen LogP contribution in [0.25, 0.3) is 11.1 Å². The lowest BCUT2D eigenvalue weighted by Crippen LogP contribution is -2.30. The van der Waals surface area contributed by atoms with E-state index in [1.165, 1.54) is 0 Å². The maximum atomic E-state index is 12.9. The number of rotatable bonds is 7. The maximum absolute atomic E-state index is 12.9.